The summed E-state index contributed by atoms with van der Waals surface area (Å²) in [5.41, 5.74) is 9.20. The van der Waals surface area contributed by atoms with Gasteiger partial charge in [0.2, 0.25) is 0 Å². The highest BCUT2D eigenvalue weighted by Gasteiger charge is 2.11. The van der Waals surface area contributed by atoms with Crippen LogP contribution in [-0.2, 0) is 0 Å². The molecule has 0 spiro atoms. The molecule has 0 radical (unpaired) electrons. The van der Waals surface area contributed by atoms with Crippen LogP contribution >= 0.6 is 0 Å². The molecule has 3 nitrogen and oxygen atoms in total. The lowest BCUT2D eigenvalue weighted by Gasteiger charge is -2.29. The average Bonchev–Trinajstić information content (AvgIpc) is 2.41. The van der Waals surface area contributed by atoms with Crippen molar-refractivity contribution in [3.05, 3.63) is 29.8 Å². The van der Waals surface area contributed by atoms with E-state index in [0.29, 0.717) is 5.82 Å². The highest BCUT2D eigenvalue weighted by Crippen LogP contribution is 2.25. The van der Waals surface area contributed by atoms with Crippen molar-refractivity contribution in [1.82, 2.24) is 4.98 Å². The summed E-state index contributed by atoms with van der Waals surface area (Å²) in [6.07, 6.45) is 3.97. The zero-order valence-corrected chi connectivity index (χ0v) is 10.8. The van der Waals surface area contributed by atoms with Crippen molar-refractivity contribution in [2.24, 2.45) is 0 Å². The second kappa shape index (κ2) is 4.48. The number of fused-ring (bicyclic) bond motifs is 1. The van der Waals surface area contributed by atoms with E-state index in [1.165, 1.54) is 43.4 Å². The maximum atomic E-state index is 5.85. The Morgan fingerprint density at radius 3 is 2.67 bits per heavy atom. The van der Waals surface area contributed by atoms with Crippen molar-refractivity contribution >= 4 is 22.4 Å². The second-order valence-corrected chi connectivity index (χ2v) is 5.12. The first-order valence-electron chi connectivity index (χ1n) is 6.66. The van der Waals surface area contributed by atoms with Crippen molar-refractivity contribution in [1.29, 1.82) is 0 Å². The third-order valence-electron chi connectivity index (χ3n) is 3.75. The lowest BCUT2D eigenvalue weighted by molar-refractivity contribution is 0.578. The van der Waals surface area contributed by atoms with Crippen LogP contribution < -0.4 is 10.6 Å². The summed E-state index contributed by atoms with van der Waals surface area (Å²) >= 11 is 0. The molecule has 1 fully saturated rings. The van der Waals surface area contributed by atoms with E-state index in [4.69, 9.17) is 5.73 Å². The van der Waals surface area contributed by atoms with E-state index >= 15 is 0 Å². The van der Waals surface area contributed by atoms with Crippen molar-refractivity contribution < 1.29 is 0 Å². The summed E-state index contributed by atoms with van der Waals surface area (Å²) in [6, 6.07) is 8.61. The lowest BCUT2D eigenvalue weighted by Crippen LogP contribution is -2.29. The third-order valence-corrected chi connectivity index (χ3v) is 3.75. The number of hydrogen-bond acceptors (Lipinski definition) is 3. The van der Waals surface area contributed by atoms with Gasteiger partial charge in [-0.15, -0.1) is 0 Å². The van der Waals surface area contributed by atoms with Crippen molar-refractivity contribution in [3.63, 3.8) is 0 Å². The zero-order chi connectivity index (χ0) is 12.5. The Morgan fingerprint density at radius 1 is 1.11 bits per heavy atom. The summed E-state index contributed by atoms with van der Waals surface area (Å²) in [5.74, 6) is 0.633. The minimum Gasteiger partial charge on any atom is -0.383 e. The van der Waals surface area contributed by atoms with Gasteiger partial charge in [-0.1, -0.05) is 0 Å². The molecule has 2 N–H and O–H groups in total. The smallest absolute Gasteiger partial charge is 0.127 e. The van der Waals surface area contributed by atoms with Gasteiger partial charge in [0.15, 0.2) is 0 Å². The Kier molecular flexibility index (Phi) is 2.82. The fourth-order valence-corrected chi connectivity index (χ4v) is 2.63. The van der Waals surface area contributed by atoms with E-state index in [-0.39, 0.29) is 0 Å². The molecule has 1 aliphatic rings. The normalized spacial score (nSPS) is 16.2. The average molecular weight is 241 g/mol. The molecule has 0 amide bonds. The molecule has 1 aromatic carbocycles. The van der Waals surface area contributed by atoms with Crippen LogP contribution in [0.25, 0.3) is 10.9 Å². The molecule has 18 heavy (non-hydrogen) atoms. The van der Waals surface area contributed by atoms with E-state index in [1.807, 2.05) is 6.92 Å². The molecular weight excluding hydrogens is 222 g/mol. The third kappa shape index (κ3) is 2.01. The molecule has 0 saturated carbocycles. The summed E-state index contributed by atoms with van der Waals surface area (Å²) in [7, 11) is 0. The first-order valence-corrected chi connectivity index (χ1v) is 6.66. The van der Waals surface area contributed by atoms with Crippen LogP contribution in [0.4, 0.5) is 11.5 Å². The Hall–Kier alpha value is -1.77. The number of aryl methyl sites for hydroxylation is 1. The van der Waals surface area contributed by atoms with E-state index < -0.39 is 0 Å². The first-order chi connectivity index (χ1) is 8.74. The van der Waals surface area contributed by atoms with Gasteiger partial charge in [0.25, 0.3) is 0 Å². The number of hydrogen-bond donors (Lipinski definition) is 1. The molecule has 1 saturated heterocycles. The standard InChI is InChI=1S/C15H19N3/c1-11-9-12-10-13(18-7-3-2-4-8-18)5-6-14(12)17-15(11)16/h5-6,9-10H,2-4,7-8H2,1H3,(H2,16,17). The van der Waals surface area contributed by atoms with E-state index in [2.05, 4.69) is 34.1 Å². The monoisotopic (exact) mass is 241 g/mol. The molecule has 0 bridgehead atoms. The fourth-order valence-electron chi connectivity index (χ4n) is 2.63. The molecule has 2 heterocycles. The number of pyridine rings is 1. The van der Waals surface area contributed by atoms with E-state index in [9.17, 15) is 0 Å². The lowest BCUT2D eigenvalue weighted by atomic mass is 10.1. The zero-order valence-electron chi connectivity index (χ0n) is 10.8. The molecule has 0 unspecified atom stereocenters. The topological polar surface area (TPSA) is 42.2 Å². The summed E-state index contributed by atoms with van der Waals surface area (Å²) in [4.78, 5) is 6.89. The molecule has 0 aliphatic carbocycles. The number of nitrogens with zero attached hydrogens (tertiary/aromatic N) is 2. The SMILES string of the molecule is Cc1cc2cc(N3CCCCC3)ccc2nc1N. The largest absolute Gasteiger partial charge is 0.383 e. The summed E-state index contributed by atoms with van der Waals surface area (Å²) < 4.78 is 0. The number of nitrogen functional groups attached to an aromatic ring is 1. The number of rotatable bonds is 1. The Labute approximate surface area is 108 Å². The highest BCUT2D eigenvalue weighted by molar-refractivity contribution is 5.84. The molecule has 0 atom stereocenters. The van der Waals surface area contributed by atoms with Gasteiger partial charge < -0.3 is 10.6 Å². The molecule has 3 rings (SSSR count). The summed E-state index contributed by atoms with van der Waals surface area (Å²) in [5, 5.41) is 1.18. The maximum Gasteiger partial charge on any atom is 0.127 e. The Balaban J connectivity index is 2.02. The molecule has 1 aromatic heterocycles. The number of anilines is 2. The van der Waals surface area contributed by atoms with Crippen LogP contribution in [0.15, 0.2) is 24.3 Å². The van der Waals surface area contributed by atoms with Crippen LogP contribution in [0.2, 0.25) is 0 Å². The quantitative estimate of drug-likeness (QED) is 0.834. The highest BCUT2D eigenvalue weighted by atomic mass is 15.1. The molecule has 1 aliphatic heterocycles. The first kappa shape index (κ1) is 11.3. The molecular formula is C15H19N3. The van der Waals surface area contributed by atoms with Crippen LogP contribution in [0, 0.1) is 6.92 Å². The van der Waals surface area contributed by atoms with Crippen molar-refractivity contribution in [2.75, 3.05) is 23.7 Å². The van der Waals surface area contributed by atoms with E-state index in [0.717, 1.165) is 11.1 Å². The number of piperidine rings is 1. The second-order valence-electron chi connectivity index (χ2n) is 5.12. The molecule has 94 valence electrons. The van der Waals surface area contributed by atoms with Gasteiger partial charge in [-0.25, -0.2) is 4.98 Å². The minimum atomic E-state index is 0.633. The van der Waals surface area contributed by atoms with Crippen molar-refractivity contribution in [3.8, 4) is 0 Å². The number of nitrogens with two attached hydrogens (primary N) is 1. The number of aromatic nitrogens is 1. The molecule has 2 aromatic rings. The number of benzene rings is 1. The predicted octanol–water partition coefficient (Wildman–Crippen LogP) is 3.12. The van der Waals surface area contributed by atoms with Gasteiger partial charge in [-0.2, -0.15) is 0 Å². The predicted molar refractivity (Wildman–Crippen MR) is 77.0 cm³/mol. The minimum absolute atomic E-state index is 0.633. The van der Waals surface area contributed by atoms with E-state index in [1.54, 1.807) is 0 Å². The van der Waals surface area contributed by atoms with Gasteiger partial charge in [0.05, 0.1) is 5.52 Å². The van der Waals surface area contributed by atoms with Gasteiger partial charge in [-0.05, 0) is 56.0 Å². The van der Waals surface area contributed by atoms with Gasteiger partial charge in [0.1, 0.15) is 5.82 Å². The van der Waals surface area contributed by atoms with Crippen LogP contribution in [0.5, 0.6) is 0 Å². The maximum absolute atomic E-state index is 5.85. The van der Waals surface area contributed by atoms with Gasteiger partial charge >= 0.3 is 0 Å². The van der Waals surface area contributed by atoms with Crippen LogP contribution in [0.3, 0.4) is 0 Å². The molecule has 3 heteroatoms. The Morgan fingerprint density at radius 2 is 1.89 bits per heavy atom. The Bertz CT molecular complexity index is 571. The fraction of sp³-hybridized carbons (Fsp3) is 0.400. The van der Waals surface area contributed by atoms with Crippen molar-refractivity contribution in [2.45, 2.75) is 26.2 Å². The van der Waals surface area contributed by atoms with Crippen LogP contribution in [-0.4, -0.2) is 18.1 Å². The van der Waals surface area contributed by atoms with Gasteiger partial charge in [0, 0.05) is 24.2 Å². The van der Waals surface area contributed by atoms with Gasteiger partial charge in [-0.3, -0.25) is 0 Å². The van der Waals surface area contributed by atoms with Crippen LogP contribution in [0.1, 0.15) is 24.8 Å². The summed E-state index contributed by atoms with van der Waals surface area (Å²) in [6.45, 7) is 4.36.